The monoisotopic (exact) mass is 365 g/mol. The number of carbonyl (C=O) groups is 1. The van der Waals surface area contributed by atoms with E-state index in [2.05, 4.69) is 17.4 Å². The van der Waals surface area contributed by atoms with Gasteiger partial charge >= 0.3 is 5.97 Å². The summed E-state index contributed by atoms with van der Waals surface area (Å²) in [4.78, 5) is 12.3. The fourth-order valence-electron chi connectivity index (χ4n) is 3.15. The van der Waals surface area contributed by atoms with Gasteiger partial charge < -0.3 is 19.5 Å². The number of methoxy groups -OCH3 is 3. The zero-order valence-electron chi connectivity index (χ0n) is 15.6. The lowest BCUT2D eigenvalue weighted by Gasteiger charge is -2.27. The average molecular weight is 365 g/mol. The summed E-state index contributed by atoms with van der Waals surface area (Å²) in [7, 11) is 4.47. The average Bonchev–Trinajstić information content (AvgIpc) is 2.73. The van der Waals surface area contributed by atoms with Crippen molar-refractivity contribution >= 4 is 22.4 Å². The lowest BCUT2D eigenvalue weighted by atomic mass is 9.97. The van der Waals surface area contributed by atoms with E-state index in [0.29, 0.717) is 5.75 Å². The van der Waals surface area contributed by atoms with Gasteiger partial charge in [-0.25, -0.2) is 4.79 Å². The summed E-state index contributed by atoms with van der Waals surface area (Å²) in [6.45, 7) is 0. The Labute approximate surface area is 158 Å². The van der Waals surface area contributed by atoms with E-state index in [1.807, 2.05) is 54.6 Å². The second kappa shape index (κ2) is 8.56. The summed E-state index contributed by atoms with van der Waals surface area (Å²) in [5.41, 5.74) is 1.68. The molecular formula is C22H23NO4. The van der Waals surface area contributed by atoms with Crippen molar-refractivity contribution in [2.45, 2.75) is 12.1 Å². The summed E-state index contributed by atoms with van der Waals surface area (Å²) < 4.78 is 15.9. The Kier molecular flexibility index (Phi) is 5.94. The van der Waals surface area contributed by atoms with Gasteiger partial charge in [0.2, 0.25) is 0 Å². The molecule has 0 unspecified atom stereocenters. The molecule has 0 aliphatic carbocycles. The minimum Gasteiger partial charge on any atom is -0.495 e. The van der Waals surface area contributed by atoms with Crippen LogP contribution < -0.4 is 10.1 Å². The van der Waals surface area contributed by atoms with Crippen molar-refractivity contribution in [3.05, 3.63) is 72.3 Å². The molecule has 0 saturated carbocycles. The number of anilines is 1. The normalized spacial score (nSPS) is 13.0. The SMILES string of the molecule is COC(=O)[C@@H](OC)[C@@H](Nc1ccccc1OC)c1ccc2ccccc2c1. The van der Waals surface area contributed by atoms with Crippen molar-refractivity contribution in [1.29, 1.82) is 0 Å². The third-order valence-electron chi connectivity index (χ3n) is 4.54. The number of hydrogen-bond donors (Lipinski definition) is 1. The first-order valence-corrected chi connectivity index (χ1v) is 8.66. The first kappa shape index (κ1) is 18.7. The van der Waals surface area contributed by atoms with Crippen LogP contribution in [-0.4, -0.2) is 33.4 Å². The lowest BCUT2D eigenvalue weighted by Crippen LogP contribution is -2.35. The van der Waals surface area contributed by atoms with Gasteiger partial charge in [0, 0.05) is 7.11 Å². The van der Waals surface area contributed by atoms with Gasteiger partial charge in [-0.15, -0.1) is 0 Å². The number of nitrogens with one attached hydrogen (secondary N) is 1. The molecule has 0 aromatic heterocycles. The molecule has 0 aliphatic heterocycles. The largest absolute Gasteiger partial charge is 0.495 e. The molecule has 3 aromatic carbocycles. The maximum absolute atomic E-state index is 12.3. The van der Waals surface area contributed by atoms with E-state index in [1.54, 1.807) is 7.11 Å². The van der Waals surface area contributed by atoms with Crippen LogP contribution in [-0.2, 0) is 14.3 Å². The Balaban J connectivity index is 2.06. The van der Waals surface area contributed by atoms with Crippen LogP contribution in [0.1, 0.15) is 11.6 Å². The number of ether oxygens (including phenoxy) is 3. The molecule has 1 N–H and O–H groups in total. The zero-order chi connectivity index (χ0) is 19.2. The van der Waals surface area contributed by atoms with Crippen molar-refractivity contribution in [3.8, 4) is 5.75 Å². The molecule has 3 rings (SSSR count). The molecule has 5 nitrogen and oxygen atoms in total. The standard InChI is InChI=1S/C22H23NO4/c1-25-19-11-7-6-10-18(19)23-20(21(26-2)22(24)27-3)17-13-12-15-8-4-5-9-16(15)14-17/h4-14,20-21,23H,1-3H3/t20-,21-/m0/s1. The number of para-hydroxylation sites is 2. The first-order chi connectivity index (χ1) is 13.2. The Hall–Kier alpha value is -3.05. The van der Waals surface area contributed by atoms with Crippen molar-refractivity contribution in [2.24, 2.45) is 0 Å². The van der Waals surface area contributed by atoms with Gasteiger partial charge in [0.1, 0.15) is 5.75 Å². The third kappa shape index (κ3) is 4.04. The first-order valence-electron chi connectivity index (χ1n) is 8.66. The number of carbonyl (C=O) groups excluding carboxylic acids is 1. The van der Waals surface area contributed by atoms with Crippen molar-refractivity contribution < 1.29 is 19.0 Å². The molecule has 0 amide bonds. The Morgan fingerprint density at radius 1 is 0.889 bits per heavy atom. The molecule has 27 heavy (non-hydrogen) atoms. The summed E-state index contributed by atoms with van der Waals surface area (Å²) in [6.07, 6.45) is -0.818. The Morgan fingerprint density at radius 3 is 2.30 bits per heavy atom. The van der Waals surface area contributed by atoms with Gasteiger partial charge in [0.05, 0.1) is 25.9 Å². The highest BCUT2D eigenvalue weighted by atomic mass is 16.6. The second-order valence-electron chi connectivity index (χ2n) is 6.11. The van der Waals surface area contributed by atoms with Gasteiger partial charge in [0.15, 0.2) is 6.10 Å². The molecule has 3 aromatic rings. The fraction of sp³-hybridized carbons (Fsp3) is 0.227. The number of benzene rings is 3. The van der Waals surface area contributed by atoms with Crippen LogP contribution in [0.15, 0.2) is 66.7 Å². The predicted octanol–water partition coefficient (Wildman–Crippen LogP) is 4.19. The molecule has 0 fully saturated rings. The number of fused-ring (bicyclic) bond motifs is 1. The van der Waals surface area contributed by atoms with E-state index in [1.165, 1.54) is 14.2 Å². The number of rotatable bonds is 7. The third-order valence-corrected chi connectivity index (χ3v) is 4.54. The van der Waals surface area contributed by atoms with E-state index >= 15 is 0 Å². The molecule has 140 valence electrons. The summed E-state index contributed by atoms with van der Waals surface area (Å²) in [6, 6.07) is 21.3. The highest BCUT2D eigenvalue weighted by molar-refractivity contribution is 5.84. The van der Waals surface area contributed by atoms with Gasteiger partial charge in [-0.3, -0.25) is 0 Å². The summed E-state index contributed by atoms with van der Waals surface area (Å²) in [5.74, 6) is 0.237. The van der Waals surface area contributed by atoms with E-state index in [0.717, 1.165) is 22.0 Å². The van der Waals surface area contributed by atoms with Crippen LogP contribution in [0, 0.1) is 0 Å². The molecule has 0 heterocycles. The van der Waals surface area contributed by atoms with E-state index in [4.69, 9.17) is 14.2 Å². The molecule has 0 radical (unpaired) electrons. The van der Waals surface area contributed by atoms with E-state index in [9.17, 15) is 4.79 Å². The number of hydrogen-bond acceptors (Lipinski definition) is 5. The van der Waals surface area contributed by atoms with Crippen LogP contribution in [0.3, 0.4) is 0 Å². The lowest BCUT2D eigenvalue weighted by molar-refractivity contribution is -0.153. The zero-order valence-corrected chi connectivity index (χ0v) is 15.6. The minimum atomic E-state index is -0.818. The molecule has 0 bridgehead atoms. The van der Waals surface area contributed by atoms with Gasteiger partial charge in [0.25, 0.3) is 0 Å². The summed E-state index contributed by atoms with van der Waals surface area (Å²) >= 11 is 0. The molecule has 0 saturated heterocycles. The minimum absolute atomic E-state index is 0.446. The maximum Gasteiger partial charge on any atom is 0.337 e. The fourth-order valence-corrected chi connectivity index (χ4v) is 3.15. The van der Waals surface area contributed by atoms with E-state index < -0.39 is 18.1 Å². The molecule has 5 heteroatoms. The van der Waals surface area contributed by atoms with Crippen LogP contribution in [0.5, 0.6) is 5.75 Å². The highest BCUT2D eigenvalue weighted by Crippen LogP contribution is 2.32. The number of esters is 1. The molecule has 0 aliphatic rings. The van der Waals surface area contributed by atoms with Crippen LogP contribution in [0.2, 0.25) is 0 Å². The van der Waals surface area contributed by atoms with Gasteiger partial charge in [-0.2, -0.15) is 0 Å². The Bertz CT molecular complexity index is 925. The molecular weight excluding hydrogens is 342 g/mol. The predicted molar refractivity (Wildman–Crippen MR) is 106 cm³/mol. The smallest absolute Gasteiger partial charge is 0.337 e. The van der Waals surface area contributed by atoms with Gasteiger partial charge in [-0.05, 0) is 34.5 Å². The molecule has 2 atom stereocenters. The van der Waals surface area contributed by atoms with Crippen LogP contribution in [0.25, 0.3) is 10.8 Å². The quantitative estimate of drug-likeness (QED) is 0.636. The summed E-state index contributed by atoms with van der Waals surface area (Å²) in [5, 5.41) is 5.61. The maximum atomic E-state index is 12.3. The van der Waals surface area contributed by atoms with Crippen LogP contribution in [0.4, 0.5) is 5.69 Å². The topological polar surface area (TPSA) is 56.8 Å². The van der Waals surface area contributed by atoms with Crippen molar-refractivity contribution in [2.75, 3.05) is 26.6 Å². The Morgan fingerprint density at radius 2 is 1.59 bits per heavy atom. The van der Waals surface area contributed by atoms with Crippen molar-refractivity contribution in [3.63, 3.8) is 0 Å². The second-order valence-corrected chi connectivity index (χ2v) is 6.11. The van der Waals surface area contributed by atoms with E-state index in [-0.39, 0.29) is 0 Å². The van der Waals surface area contributed by atoms with Gasteiger partial charge in [-0.1, -0.05) is 48.5 Å². The van der Waals surface area contributed by atoms with Crippen LogP contribution >= 0.6 is 0 Å². The molecule has 0 spiro atoms. The van der Waals surface area contributed by atoms with Crippen molar-refractivity contribution in [1.82, 2.24) is 0 Å². The highest BCUT2D eigenvalue weighted by Gasteiger charge is 2.31.